The molecule has 1 aromatic rings. The van der Waals surface area contributed by atoms with Gasteiger partial charge in [0.25, 0.3) is 0 Å². The monoisotopic (exact) mass is 348 g/mol. The molecule has 0 unspecified atom stereocenters. The van der Waals surface area contributed by atoms with Crippen LogP contribution < -0.4 is 16.0 Å². The van der Waals surface area contributed by atoms with Crippen LogP contribution in [0.25, 0.3) is 0 Å². The number of para-hydroxylation sites is 1. The van der Waals surface area contributed by atoms with E-state index in [0.29, 0.717) is 12.5 Å². The third-order valence-corrected chi connectivity index (χ3v) is 3.42. The number of rotatable bonds is 8. The average molecular weight is 348 g/mol. The summed E-state index contributed by atoms with van der Waals surface area (Å²) >= 11 is 0. The van der Waals surface area contributed by atoms with E-state index in [-0.39, 0.29) is 19.0 Å². The van der Waals surface area contributed by atoms with E-state index < -0.39 is 11.9 Å². The number of nitrogens with zero attached hydrogens (tertiary/aromatic N) is 1. The first kappa shape index (κ1) is 20.6. The molecule has 1 aromatic carbocycles. The van der Waals surface area contributed by atoms with Crippen LogP contribution in [0.1, 0.15) is 26.3 Å². The molecule has 7 heteroatoms. The van der Waals surface area contributed by atoms with Gasteiger partial charge in [-0.2, -0.15) is 0 Å². The van der Waals surface area contributed by atoms with Gasteiger partial charge in [0, 0.05) is 12.2 Å². The van der Waals surface area contributed by atoms with Crippen LogP contribution in [-0.4, -0.2) is 49.4 Å². The van der Waals surface area contributed by atoms with Gasteiger partial charge in [-0.15, -0.1) is 0 Å². The second-order valence-corrected chi connectivity index (χ2v) is 6.38. The first-order valence-electron chi connectivity index (χ1n) is 8.45. The van der Waals surface area contributed by atoms with E-state index in [1.807, 2.05) is 45.0 Å². The fourth-order valence-corrected chi connectivity index (χ4v) is 2.19. The first-order valence-corrected chi connectivity index (χ1v) is 8.45. The van der Waals surface area contributed by atoms with Gasteiger partial charge in [-0.1, -0.05) is 39.0 Å². The number of aryl methyl sites for hydroxylation is 1. The van der Waals surface area contributed by atoms with Gasteiger partial charge >= 0.3 is 6.03 Å². The fraction of sp³-hybridized carbons (Fsp3) is 0.500. The van der Waals surface area contributed by atoms with Crippen molar-refractivity contribution in [3.8, 4) is 0 Å². The van der Waals surface area contributed by atoms with Crippen molar-refractivity contribution < 1.29 is 14.4 Å². The molecule has 0 aromatic heterocycles. The molecule has 138 valence electrons. The van der Waals surface area contributed by atoms with E-state index in [4.69, 9.17) is 0 Å². The van der Waals surface area contributed by atoms with Crippen LogP contribution in [-0.2, 0) is 16.0 Å². The lowest BCUT2D eigenvalue weighted by molar-refractivity contribution is -0.122. The van der Waals surface area contributed by atoms with Crippen LogP contribution in [0, 0.1) is 5.92 Å². The van der Waals surface area contributed by atoms with E-state index in [2.05, 4.69) is 16.0 Å². The highest BCUT2D eigenvalue weighted by Crippen LogP contribution is 2.15. The fourth-order valence-electron chi connectivity index (χ4n) is 2.19. The zero-order chi connectivity index (χ0) is 18.8. The summed E-state index contributed by atoms with van der Waals surface area (Å²) in [6.45, 7) is 6.45. The molecule has 0 spiro atoms. The molecule has 4 amide bonds. The Morgan fingerprint density at radius 2 is 1.72 bits per heavy atom. The van der Waals surface area contributed by atoms with Crippen molar-refractivity contribution in [2.24, 2.45) is 5.92 Å². The Labute approximate surface area is 149 Å². The van der Waals surface area contributed by atoms with Gasteiger partial charge in [0.05, 0.1) is 13.1 Å². The number of amides is 4. The van der Waals surface area contributed by atoms with Gasteiger partial charge in [-0.25, -0.2) is 4.79 Å². The molecule has 0 bridgehead atoms. The minimum absolute atomic E-state index is 0.0437. The lowest BCUT2D eigenvalue weighted by atomic mass is 10.1. The molecule has 0 fully saturated rings. The van der Waals surface area contributed by atoms with Crippen LogP contribution in [0.4, 0.5) is 10.5 Å². The molecule has 0 saturated heterocycles. The number of imide groups is 1. The summed E-state index contributed by atoms with van der Waals surface area (Å²) in [7, 11) is 1.65. The van der Waals surface area contributed by atoms with Gasteiger partial charge in [-0.05, 0) is 31.0 Å². The highest BCUT2D eigenvalue weighted by atomic mass is 16.2. The maximum absolute atomic E-state index is 12.1. The maximum Gasteiger partial charge on any atom is 0.321 e. The number of anilines is 1. The minimum Gasteiger partial charge on any atom is -0.338 e. The minimum atomic E-state index is -0.520. The zero-order valence-electron chi connectivity index (χ0n) is 15.4. The first-order chi connectivity index (χ1) is 11.8. The van der Waals surface area contributed by atoms with Crippen molar-refractivity contribution in [1.29, 1.82) is 0 Å². The summed E-state index contributed by atoms with van der Waals surface area (Å²) in [4.78, 5) is 37.0. The van der Waals surface area contributed by atoms with Crippen LogP contribution >= 0.6 is 0 Å². The number of carbonyl (C=O) groups is 3. The Balaban J connectivity index is 2.40. The number of hydrogen-bond donors (Lipinski definition) is 3. The molecule has 0 heterocycles. The Bertz CT molecular complexity index is 602. The van der Waals surface area contributed by atoms with Gasteiger partial charge in [0.1, 0.15) is 0 Å². The second kappa shape index (κ2) is 10.5. The standard InChI is InChI=1S/C18H28N4O3/c1-5-14-8-6-7-9-15(14)20-16(23)11-22(4)12-17(24)21-18(25)19-10-13(2)3/h6-9,13H,5,10-12H2,1-4H3,(H,20,23)(H2,19,21,24,25). The molecule has 25 heavy (non-hydrogen) atoms. The number of likely N-dealkylation sites (N-methyl/N-ethyl adjacent to an activating group) is 1. The normalized spacial score (nSPS) is 10.6. The molecule has 7 nitrogen and oxygen atoms in total. The van der Waals surface area contributed by atoms with Crippen molar-refractivity contribution in [3.63, 3.8) is 0 Å². The quantitative estimate of drug-likeness (QED) is 0.666. The summed E-state index contributed by atoms with van der Waals surface area (Å²) in [5, 5.41) is 7.70. The SMILES string of the molecule is CCc1ccccc1NC(=O)CN(C)CC(=O)NC(=O)NCC(C)C. The molecule has 0 radical (unpaired) electrons. The molecule has 3 N–H and O–H groups in total. The molecule has 1 rings (SSSR count). The summed E-state index contributed by atoms with van der Waals surface area (Å²) in [5.74, 6) is -0.357. The number of carbonyl (C=O) groups excluding carboxylic acids is 3. The average Bonchev–Trinajstić information content (AvgIpc) is 2.52. The second-order valence-electron chi connectivity index (χ2n) is 6.38. The third-order valence-electron chi connectivity index (χ3n) is 3.42. The number of urea groups is 1. The Kier molecular flexibility index (Phi) is 8.63. The molecule has 0 aliphatic heterocycles. The van der Waals surface area contributed by atoms with Crippen LogP contribution in [0.3, 0.4) is 0 Å². The predicted octanol–water partition coefficient (Wildman–Crippen LogP) is 1.60. The summed E-state index contributed by atoms with van der Waals surface area (Å²) < 4.78 is 0. The van der Waals surface area contributed by atoms with Crippen molar-refractivity contribution in [2.45, 2.75) is 27.2 Å². The summed E-state index contributed by atoms with van der Waals surface area (Å²) in [6.07, 6.45) is 0.820. The largest absolute Gasteiger partial charge is 0.338 e. The highest BCUT2D eigenvalue weighted by molar-refractivity contribution is 5.96. The van der Waals surface area contributed by atoms with Crippen molar-refractivity contribution in [1.82, 2.24) is 15.5 Å². The molecule has 0 saturated carbocycles. The molecule has 0 aliphatic carbocycles. The lowest BCUT2D eigenvalue weighted by Gasteiger charge is -2.17. The maximum atomic E-state index is 12.1. The molecule has 0 aliphatic rings. The Morgan fingerprint density at radius 3 is 2.36 bits per heavy atom. The number of benzene rings is 1. The van der Waals surface area contributed by atoms with E-state index in [0.717, 1.165) is 17.7 Å². The predicted molar refractivity (Wildman–Crippen MR) is 98.3 cm³/mol. The van der Waals surface area contributed by atoms with Crippen LogP contribution in [0.2, 0.25) is 0 Å². The van der Waals surface area contributed by atoms with Crippen molar-refractivity contribution in [3.05, 3.63) is 29.8 Å². The van der Waals surface area contributed by atoms with Crippen molar-refractivity contribution in [2.75, 3.05) is 32.0 Å². The zero-order valence-corrected chi connectivity index (χ0v) is 15.4. The summed E-state index contributed by atoms with van der Waals surface area (Å²) in [5.41, 5.74) is 1.83. The van der Waals surface area contributed by atoms with E-state index in [1.165, 1.54) is 0 Å². The van der Waals surface area contributed by atoms with E-state index in [1.54, 1.807) is 11.9 Å². The third kappa shape index (κ3) is 8.30. The topological polar surface area (TPSA) is 90.5 Å². The van der Waals surface area contributed by atoms with E-state index >= 15 is 0 Å². The highest BCUT2D eigenvalue weighted by Gasteiger charge is 2.14. The lowest BCUT2D eigenvalue weighted by Crippen LogP contribution is -2.45. The van der Waals surface area contributed by atoms with Crippen LogP contribution in [0.15, 0.2) is 24.3 Å². The van der Waals surface area contributed by atoms with Crippen molar-refractivity contribution >= 4 is 23.5 Å². The van der Waals surface area contributed by atoms with Gasteiger partial charge in [0.2, 0.25) is 11.8 Å². The smallest absolute Gasteiger partial charge is 0.321 e. The Morgan fingerprint density at radius 1 is 1.08 bits per heavy atom. The van der Waals surface area contributed by atoms with Crippen LogP contribution in [0.5, 0.6) is 0 Å². The van der Waals surface area contributed by atoms with Gasteiger partial charge in [0.15, 0.2) is 0 Å². The number of hydrogen-bond acceptors (Lipinski definition) is 4. The molecular formula is C18H28N4O3. The molecule has 0 atom stereocenters. The summed E-state index contributed by atoms with van der Waals surface area (Å²) in [6, 6.07) is 7.08. The molecular weight excluding hydrogens is 320 g/mol. The number of nitrogens with one attached hydrogen (secondary N) is 3. The van der Waals surface area contributed by atoms with E-state index in [9.17, 15) is 14.4 Å². The Hall–Kier alpha value is -2.41. The van der Waals surface area contributed by atoms with Gasteiger partial charge in [-0.3, -0.25) is 19.8 Å². The van der Waals surface area contributed by atoms with Gasteiger partial charge < -0.3 is 10.6 Å².